The Kier molecular flexibility index (Phi) is 5.94. The first-order valence-electron chi connectivity index (χ1n) is 7.34. The summed E-state index contributed by atoms with van der Waals surface area (Å²) < 4.78 is 0. The van der Waals surface area contributed by atoms with Crippen molar-refractivity contribution in [1.29, 1.82) is 0 Å². The summed E-state index contributed by atoms with van der Waals surface area (Å²) >= 11 is 0. The van der Waals surface area contributed by atoms with Crippen LogP contribution in [0.5, 0.6) is 0 Å². The third-order valence-corrected chi connectivity index (χ3v) is 4.14. The zero-order valence-electron chi connectivity index (χ0n) is 12.2. The number of hydrogen-bond donors (Lipinski definition) is 1. The second-order valence-electron chi connectivity index (χ2n) is 6.74. The van der Waals surface area contributed by atoms with Crippen LogP contribution in [-0.2, 0) is 0 Å². The zero-order chi connectivity index (χ0) is 12.9. The van der Waals surface area contributed by atoms with Crippen molar-refractivity contribution >= 4 is 0 Å². The molecule has 1 rings (SSSR count). The Balaban J connectivity index is 2.37. The number of rotatable bonds is 4. The van der Waals surface area contributed by atoms with E-state index in [4.69, 9.17) is 0 Å². The van der Waals surface area contributed by atoms with Gasteiger partial charge in [0.05, 0.1) is 6.10 Å². The maximum atomic E-state index is 9.88. The van der Waals surface area contributed by atoms with Crippen LogP contribution in [0.2, 0.25) is 0 Å². The van der Waals surface area contributed by atoms with Crippen LogP contribution >= 0.6 is 0 Å². The molecule has 0 aliphatic carbocycles. The van der Waals surface area contributed by atoms with Crippen molar-refractivity contribution in [2.75, 3.05) is 19.6 Å². The SMILES string of the molecule is CCCC(O)CN1CCCC(C(C)(C)C)CC1. The van der Waals surface area contributed by atoms with Crippen molar-refractivity contribution in [2.24, 2.45) is 11.3 Å². The first-order chi connectivity index (χ1) is 7.93. The number of β-amino-alcohol motifs (C(OH)–C–C–N with tert-alkyl or cyclic N) is 1. The van der Waals surface area contributed by atoms with Crippen LogP contribution in [0.1, 0.15) is 59.8 Å². The van der Waals surface area contributed by atoms with E-state index in [1.165, 1.54) is 32.4 Å². The Hall–Kier alpha value is -0.0800. The van der Waals surface area contributed by atoms with E-state index < -0.39 is 0 Å². The van der Waals surface area contributed by atoms with Gasteiger partial charge in [0.15, 0.2) is 0 Å². The van der Waals surface area contributed by atoms with Crippen LogP contribution in [0, 0.1) is 11.3 Å². The minimum absolute atomic E-state index is 0.119. The van der Waals surface area contributed by atoms with Crippen molar-refractivity contribution < 1.29 is 5.11 Å². The van der Waals surface area contributed by atoms with Crippen LogP contribution in [0.15, 0.2) is 0 Å². The Bertz CT molecular complexity index is 209. The second-order valence-corrected chi connectivity index (χ2v) is 6.74. The first-order valence-corrected chi connectivity index (χ1v) is 7.34. The summed E-state index contributed by atoms with van der Waals surface area (Å²) in [5.41, 5.74) is 0.443. The fraction of sp³-hybridized carbons (Fsp3) is 1.00. The summed E-state index contributed by atoms with van der Waals surface area (Å²) in [4.78, 5) is 2.46. The molecule has 0 radical (unpaired) electrons. The molecule has 0 bridgehead atoms. The van der Waals surface area contributed by atoms with Gasteiger partial charge in [0.25, 0.3) is 0 Å². The van der Waals surface area contributed by atoms with Gasteiger partial charge in [-0.3, -0.25) is 0 Å². The lowest BCUT2D eigenvalue weighted by Crippen LogP contribution is -2.33. The van der Waals surface area contributed by atoms with E-state index in [0.29, 0.717) is 5.41 Å². The smallest absolute Gasteiger partial charge is 0.0667 e. The lowest BCUT2D eigenvalue weighted by Gasteiger charge is -2.30. The molecular formula is C15H31NO. The van der Waals surface area contributed by atoms with E-state index in [1.807, 2.05) is 0 Å². The zero-order valence-corrected chi connectivity index (χ0v) is 12.2. The molecule has 2 atom stereocenters. The molecule has 1 aliphatic heterocycles. The normalized spacial score (nSPS) is 25.6. The molecule has 2 unspecified atom stereocenters. The van der Waals surface area contributed by atoms with Crippen LogP contribution < -0.4 is 0 Å². The predicted molar refractivity (Wildman–Crippen MR) is 74.2 cm³/mol. The highest BCUT2D eigenvalue weighted by atomic mass is 16.3. The van der Waals surface area contributed by atoms with E-state index in [0.717, 1.165) is 25.3 Å². The van der Waals surface area contributed by atoms with Gasteiger partial charge < -0.3 is 10.0 Å². The second kappa shape index (κ2) is 6.75. The fourth-order valence-corrected chi connectivity index (χ4v) is 2.93. The van der Waals surface area contributed by atoms with Gasteiger partial charge in [-0.25, -0.2) is 0 Å². The van der Waals surface area contributed by atoms with Crippen LogP contribution in [-0.4, -0.2) is 35.7 Å². The molecule has 1 N–H and O–H groups in total. The van der Waals surface area contributed by atoms with E-state index >= 15 is 0 Å². The Labute approximate surface area is 107 Å². The summed E-state index contributed by atoms with van der Waals surface area (Å²) in [7, 11) is 0. The molecule has 102 valence electrons. The highest BCUT2D eigenvalue weighted by Gasteiger charge is 2.27. The lowest BCUT2D eigenvalue weighted by molar-refractivity contribution is 0.104. The van der Waals surface area contributed by atoms with Gasteiger partial charge in [-0.05, 0) is 50.1 Å². The number of aliphatic hydroxyl groups excluding tert-OH is 1. The quantitative estimate of drug-likeness (QED) is 0.816. The number of likely N-dealkylation sites (tertiary alicyclic amines) is 1. The molecule has 0 amide bonds. The maximum Gasteiger partial charge on any atom is 0.0667 e. The summed E-state index contributed by atoms with van der Waals surface area (Å²) in [6.45, 7) is 12.4. The molecule has 0 saturated carbocycles. The molecule has 0 aromatic heterocycles. The average Bonchev–Trinajstić information content (AvgIpc) is 2.42. The van der Waals surface area contributed by atoms with Gasteiger partial charge in [0, 0.05) is 6.54 Å². The van der Waals surface area contributed by atoms with E-state index in [1.54, 1.807) is 0 Å². The summed E-state index contributed by atoms with van der Waals surface area (Å²) in [5, 5.41) is 9.88. The standard InChI is InChI=1S/C15H31NO/c1-5-7-14(17)12-16-10-6-8-13(9-11-16)15(2,3)4/h13-14,17H,5-12H2,1-4H3. The topological polar surface area (TPSA) is 23.5 Å². The predicted octanol–water partition coefficient (Wildman–Crippen LogP) is 3.30. The van der Waals surface area contributed by atoms with Crippen molar-refractivity contribution in [3.63, 3.8) is 0 Å². The molecular weight excluding hydrogens is 210 g/mol. The molecule has 2 nitrogen and oxygen atoms in total. The fourth-order valence-electron chi connectivity index (χ4n) is 2.93. The largest absolute Gasteiger partial charge is 0.392 e. The van der Waals surface area contributed by atoms with E-state index in [9.17, 15) is 5.11 Å². The van der Waals surface area contributed by atoms with Crippen molar-refractivity contribution in [3.8, 4) is 0 Å². The minimum atomic E-state index is -0.119. The van der Waals surface area contributed by atoms with Crippen molar-refractivity contribution in [1.82, 2.24) is 4.90 Å². The Morgan fingerprint density at radius 3 is 2.53 bits per heavy atom. The highest BCUT2D eigenvalue weighted by Crippen LogP contribution is 2.34. The molecule has 17 heavy (non-hydrogen) atoms. The van der Waals surface area contributed by atoms with Crippen molar-refractivity contribution in [2.45, 2.75) is 65.9 Å². The van der Waals surface area contributed by atoms with Crippen LogP contribution in [0.4, 0.5) is 0 Å². The Morgan fingerprint density at radius 1 is 1.24 bits per heavy atom. The minimum Gasteiger partial charge on any atom is -0.392 e. The molecule has 0 aromatic rings. The first kappa shape index (κ1) is 15.0. The van der Waals surface area contributed by atoms with Crippen LogP contribution in [0.25, 0.3) is 0 Å². The number of aliphatic hydroxyl groups is 1. The average molecular weight is 241 g/mol. The molecule has 1 aliphatic rings. The molecule has 2 heteroatoms. The summed E-state index contributed by atoms with van der Waals surface area (Å²) in [5.74, 6) is 0.843. The molecule has 0 aromatic carbocycles. The summed E-state index contributed by atoms with van der Waals surface area (Å²) in [6, 6.07) is 0. The molecule has 0 spiro atoms. The van der Waals surface area contributed by atoms with Gasteiger partial charge in [0.1, 0.15) is 0 Å². The maximum absolute atomic E-state index is 9.88. The number of hydrogen-bond acceptors (Lipinski definition) is 2. The van der Waals surface area contributed by atoms with Gasteiger partial charge in [-0.15, -0.1) is 0 Å². The van der Waals surface area contributed by atoms with Gasteiger partial charge >= 0.3 is 0 Å². The molecule has 1 fully saturated rings. The third-order valence-electron chi connectivity index (χ3n) is 4.14. The molecule has 1 saturated heterocycles. The lowest BCUT2D eigenvalue weighted by atomic mass is 9.77. The van der Waals surface area contributed by atoms with Crippen LogP contribution in [0.3, 0.4) is 0 Å². The molecule has 1 heterocycles. The highest BCUT2D eigenvalue weighted by molar-refractivity contribution is 4.79. The van der Waals surface area contributed by atoms with Gasteiger partial charge in [0.2, 0.25) is 0 Å². The van der Waals surface area contributed by atoms with E-state index in [-0.39, 0.29) is 6.10 Å². The number of nitrogens with zero attached hydrogens (tertiary/aromatic N) is 1. The third kappa shape index (κ3) is 5.39. The van der Waals surface area contributed by atoms with Gasteiger partial charge in [-0.1, -0.05) is 34.1 Å². The Morgan fingerprint density at radius 2 is 1.94 bits per heavy atom. The monoisotopic (exact) mass is 241 g/mol. The van der Waals surface area contributed by atoms with Gasteiger partial charge in [-0.2, -0.15) is 0 Å². The summed E-state index contributed by atoms with van der Waals surface area (Å²) in [6.07, 6.45) is 5.84. The van der Waals surface area contributed by atoms with Crippen molar-refractivity contribution in [3.05, 3.63) is 0 Å². The van der Waals surface area contributed by atoms with E-state index in [2.05, 4.69) is 32.6 Å².